The number of nitrogens with zero attached hydrogens (tertiary/aromatic N) is 1. The van der Waals surface area contributed by atoms with Gasteiger partial charge in [-0.15, -0.1) is 0 Å². The monoisotopic (exact) mass is 327 g/mol. The normalized spacial score (nSPS) is 14.9. The van der Waals surface area contributed by atoms with Crippen LogP contribution >= 0.6 is 12.2 Å². The molecule has 3 nitrogen and oxygen atoms in total. The standard InChI is InChI=1S/C18H18FN3S/c19-16-6-8-17(9-7-16)20-18(23)21-22-12-10-15(11-13-22)14-4-2-1-3-5-14/h1-10H,11-13H2,(H2,20,21,23). The number of anilines is 1. The molecule has 2 N–H and O–H groups in total. The van der Waals surface area contributed by atoms with Gasteiger partial charge in [-0.1, -0.05) is 36.4 Å². The first-order valence-electron chi connectivity index (χ1n) is 7.53. The molecule has 118 valence electrons. The molecule has 23 heavy (non-hydrogen) atoms. The highest BCUT2D eigenvalue weighted by Crippen LogP contribution is 2.21. The molecule has 0 bridgehead atoms. The summed E-state index contributed by atoms with van der Waals surface area (Å²) in [6, 6.07) is 16.5. The summed E-state index contributed by atoms with van der Waals surface area (Å²) < 4.78 is 12.9. The van der Waals surface area contributed by atoms with Gasteiger partial charge in [-0.3, -0.25) is 5.43 Å². The van der Waals surface area contributed by atoms with Gasteiger partial charge in [-0.25, -0.2) is 9.40 Å². The van der Waals surface area contributed by atoms with Gasteiger partial charge < -0.3 is 5.32 Å². The van der Waals surface area contributed by atoms with Crippen molar-refractivity contribution in [1.29, 1.82) is 0 Å². The van der Waals surface area contributed by atoms with Crippen LogP contribution in [0, 0.1) is 5.82 Å². The van der Waals surface area contributed by atoms with Crippen molar-refractivity contribution in [2.24, 2.45) is 0 Å². The Morgan fingerprint density at radius 2 is 1.78 bits per heavy atom. The van der Waals surface area contributed by atoms with Crippen molar-refractivity contribution >= 4 is 28.6 Å². The second-order valence-electron chi connectivity index (χ2n) is 5.36. The first kappa shape index (κ1) is 15.6. The second-order valence-corrected chi connectivity index (χ2v) is 5.77. The van der Waals surface area contributed by atoms with E-state index in [1.165, 1.54) is 23.3 Å². The van der Waals surface area contributed by atoms with Crippen molar-refractivity contribution in [2.45, 2.75) is 6.42 Å². The Balaban J connectivity index is 1.53. The molecule has 0 fully saturated rings. The number of nitrogens with one attached hydrogen (secondary N) is 2. The fourth-order valence-corrected chi connectivity index (χ4v) is 2.77. The summed E-state index contributed by atoms with van der Waals surface area (Å²) in [4.78, 5) is 0. The van der Waals surface area contributed by atoms with Gasteiger partial charge in [0, 0.05) is 18.8 Å². The van der Waals surface area contributed by atoms with Crippen LogP contribution in [0.2, 0.25) is 0 Å². The van der Waals surface area contributed by atoms with Crippen LogP contribution < -0.4 is 10.7 Å². The number of hydrogen-bond acceptors (Lipinski definition) is 2. The van der Waals surface area contributed by atoms with Crippen molar-refractivity contribution in [2.75, 3.05) is 18.4 Å². The van der Waals surface area contributed by atoms with Crippen molar-refractivity contribution < 1.29 is 4.39 Å². The molecule has 0 unspecified atom stereocenters. The summed E-state index contributed by atoms with van der Waals surface area (Å²) in [5.41, 5.74) is 6.57. The molecule has 0 atom stereocenters. The van der Waals surface area contributed by atoms with E-state index in [1.807, 2.05) is 6.07 Å². The lowest BCUT2D eigenvalue weighted by Crippen LogP contribution is -2.46. The lowest BCUT2D eigenvalue weighted by atomic mass is 10.0. The molecule has 1 heterocycles. The molecular weight excluding hydrogens is 309 g/mol. The van der Waals surface area contributed by atoms with Gasteiger partial charge in [0.15, 0.2) is 5.11 Å². The van der Waals surface area contributed by atoms with E-state index in [0.717, 1.165) is 25.2 Å². The number of hydrogen-bond donors (Lipinski definition) is 2. The first-order valence-corrected chi connectivity index (χ1v) is 7.94. The zero-order chi connectivity index (χ0) is 16.1. The zero-order valence-corrected chi connectivity index (χ0v) is 13.4. The predicted octanol–water partition coefficient (Wildman–Crippen LogP) is 3.82. The average Bonchev–Trinajstić information content (AvgIpc) is 2.58. The topological polar surface area (TPSA) is 27.3 Å². The number of hydrazine groups is 1. The van der Waals surface area contributed by atoms with Crippen LogP contribution in [-0.4, -0.2) is 23.2 Å². The maximum absolute atomic E-state index is 12.9. The van der Waals surface area contributed by atoms with E-state index in [1.54, 1.807) is 12.1 Å². The van der Waals surface area contributed by atoms with Crippen LogP contribution in [0.15, 0.2) is 60.7 Å². The fourth-order valence-electron chi connectivity index (χ4n) is 2.52. The van der Waals surface area contributed by atoms with Crippen LogP contribution in [0.4, 0.5) is 10.1 Å². The molecule has 2 aromatic rings. The van der Waals surface area contributed by atoms with E-state index in [2.05, 4.69) is 46.1 Å². The minimum Gasteiger partial charge on any atom is -0.332 e. The molecule has 1 aliphatic heterocycles. The van der Waals surface area contributed by atoms with Gasteiger partial charge in [0.1, 0.15) is 5.82 Å². The van der Waals surface area contributed by atoms with E-state index in [-0.39, 0.29) is 5.82 Å². The van der Waals surface area contributed by atoms with E-state index in [0.29, 0.717) is 5.11 Å². The highest BCUT2D eigenvalue weighted by atomic mass is 32.1. The van der Waals surface area contributed by atoms with Crippen LogP contribution in [-0.2, 0) is 0 Å². The highest BCUT2D eigenvalue weighted by Gasteiger charge is 2.13. The Morgan fingerprint density at radius 1 is 1.04 bits per heavy atom. The lowest BCUT2D eigenvalue weighted by molar-refractivity contribution is 0.263. The Bertz CT molecular complexity index is 698. The molecular formula is C18H18FN3S. The molecule has 2 aromatic carbocycles. The van der Waals surface area contributed by atoms with Gasteiger partial charge in [-0.2, -0.15) is 0 Å². The Labute approximate surface area is 140 Å². The third-order valence-electron chi connectivity index (χ3n) is 3.72. The molecule has 0 saturated carbocycles. The third kappa shape index (κ3) is 4.37. The summed E-state index contributed by atoms with van der Waals surface area (Å²) in [7, 11) is 0. The van der Waals surface area contributed by atoms with Crippen molar-refractivity contribution in [3.63, 3.8) is 0 Å². The molecule has 0 aromatic heterocycles. The minimum absolute atomic E-state index is 0.260. The van der Waals surface area contributed by atoms with Crippen molar-refractivity contribution in [3.8, 4) is 0 Å². The summed E-state index contributed by atoms with van der Waals surface area (Å²) in [6.45, 7) is 1.67. The molecule has 0 amide bonds. The third-order valence-corrected chi connectivity index (χ3v) is 3.91. The van der Waals surface area contributed by atoms with Gasteiger partial charge in [0.25, 0.3) is 0 Å². The lowest BCUT2D eigenvalue weighted by Gasteiger charge is -2.28. The maximum Gasteiger partial charge on any atom is 0.185 e. The van der Waals surface area contributed by atoms with Crippen LogP contribution in [0.25, 0.3) is 5.57 Å². The molecule has 0 aliphatic carbocycles. The average molecular weight is 327 g/mol. The van der Waals surface area contributed by atoms with Crippen LogP contribution in [0.1, 0.15) is 12.0 Å². The largest absolute Gasteiger partial charge is 0.332 e. The number of halogens is 1. The highest BCUT2D eigenvalue weighted by molar-refractivity contribution is 7.80. The Morgan fingerprint density at radius 3 is 2.43 bits per heavy atom. The van der Waals surface area contributed by atoms with Crippen LogP contribution in [0.3, 0.4) is 0 Å². The van der Waals surface area contributed by atoms with Crippen molar-refractivity contribution in [3.05, 3.63) is 72.1 Å². The second kappa shape index (κ2) is 7.35. The Kier molecular flexibility index (Phi) is 5.00. The molecule has 0 spiro atoms. The zero-order valence-electron chi connectivity index (χ0n) is 12.6. The molecule has 5 heteroatoms. The van der Waals surface area contributed by atoms with Crippen molar-refractivity contribution in [1.82, 2.24) is 10.4 Å². The smallest absolute Gasteiger partial charge is 0.185 e. The SMILES string of the molecule is Fc1ccc(NC(=S)NN2CC=C(c3ccccc3)CC2)cc1. The van der Waals surface area contributed by atoms with E-state index < -0.39 is 0 Å². The minimum atomic E-state index is -0.260. The van der Waals surface area contributed by atoms with Gasteiger partial charge in [0.2, 0.25) is 0 Å². The van der Waals surface area contributed by atoms with Gasteiger partial charge in [-0.05, 0) is 54.0 Å². The predicted molar refractivity (Wildman–Crippen MR) is 96.4 cm³/mol. The summed E-state index contributed by atoms with van der Waals surface area (Å²) in [6.07, 6.45) is 3.18. The van der Waals surface area contributed by atoms with Crippen LogP contribution in [0.5, 0.6) is 0 Å². The molecule has 1 aliphatic rings. The summed E-state index contributed by atoms with van der Waals surface area (Å²) >= 11 is 5.29. The van der Waals surface area contributed by atoms with Gasteiger partial charge >= 0.3 is 0 Å². The number of rotatable bonds is 3. The quantitative estimate of drug-likeness (QED) is 0.838. The summed E-state index contributed by atoms with van der Waals surface area (Å²) in [5.74, 6) is -0.260. The maximum atomic E-state index is 12.9. The molecule has 0 radical (unpaired) electrons. The van der Waals surface area contributed by atoms with E-state index in [4.69, 9.17) is 12.2 Å². The fraction of sp³-hybridized carbons (Fsp3) is 0.167. The number of benzene rings is 2. The molecule has 0 saturated heterocycles. The van der Waals surface area contributed by atoms with Gasteiger partial charge in [0.05, 0.1) is 0 Å². The van der Waals surface area contributed by atoms with E-state index >= 15 is 0 Å². The molecule has 3 rings (SSSR count). The number of thiocarbonyl (C=S) groups is 1. The Hall–Kier alpha value is -2.24. The van der Waals surface area contributed by atoms with E-state index in [9.17, 15) is 4.39 Å². The summed E-state index contributed by atoms with van der Waals surface area (Å²) in [5, 5.41) is 5.62. The first-order chi connectivity index (χ1) is 11.2.